The number of carbonyl (C=O) groups is 1. The van der Waals surface area contributed by atoms with Gasteiger partial charge >= 0.3 is 5.97 Å². The molecule has 28 heavy (non-hydrogen) atoms. The third-order valence-electron chi connectivity index (χ3n) is 4.00. The van der Waals surface area contributed by atoms with Gasteiger partial charge in [0, 0.05) is 21.4 Å². The molecular weight excluding hydrogens is 374 g/mol. The van der Waals surface area contributed by atoms with E-state index in [2.05, 4.69) is 13.8 Å². The Balaban J connectivity index is 2.30. The first-order valence-electron chi connectivity index (χ1n) is 9.44. The molecule has 1 aromatic heterocycles. The van der Waals surface area contributed by atoms with E-state index in [0.717, 1.165) is 47.6 Å². The highest BCUT2D eigenvalue weighted by atomic mass is 32.1. The lowest BCUT2D eigenvalue weighted by Crippen LogP contribution is -2.00. The van der Waals surface area contributed by atoms with Crippen LogP contribution < -0.4 is 9.47 Å². The quantitative estimate of drug-likeness (QED) is 0.295. The number of nitrogens with zero attached hydrogens (tertiary/aromatic N) is 1. The fraction of sp³-hybridized carbons (Fsp3) is 0.364. The molecule has 0 atom stereocenters. The predicted molar refractivity (Wildman–Crippen MR) is 112 cm³/mol. The van der Waals surface area contributed by atoms with Crippen LogP contribution in [0, 0.1) is 11.3 Å². The molecule has 0 bridgehead atoms. The van der Waals surface area contributed by atoms with Crippen molar-refractivity contribution in [2.24, 2.45) is 0 Å². The minimum atomic E-state index is -1.23. The first kappa shape index (κ1) is 21.5. The molecule has 0 amide bonds. The molecule has 0 saturated carbocycles. The average Bonchev–Trinajstić information content (AvgIpc) is 3.15. The van der Waals surface area contributed by atoms with E-state index in [-0.39, 0.29) is 5.57 Å². The van der Waals surface area contributed by atoms with Crippen LogP contribution in [0.15, 0.2) is 35.9 Å². The zero-order valence-electron chi connectivity index (χ0n) is 16.2. The van der Waals surface area contributed by atoms with Crippen molar-refractivity contribution >= 4 is 23.4 Å². The minimum Gasteiger partial charge on any atom is -0.493 e. The van der Waals surface area contributed by atoms with Crippen LogP contribution in [0.2, 0.25) is 0 Å². The monoisotopic (exact) mass is 399 g/mol. The van der Waals surface area contributed by atoms with Crippen molar-refractivity contribution in [3.05, 3.63) is 40.8 Å². The summed E-state index contributed by atoms with van der Waals surface area (Å²) in [5, 5.41) is 18.0. The SMILES string of the molecule is CCCCOc1ccc(-c2ccc(/C=C(/C#N)C(=O)O)s2)c(OCCCC)c1. The maximum Gasteiger partial charge on any atom is 0.346 e. The van der Waals surface area contributed by atoms with E-state index in [4.69, 9.17) is 19.8 Å². The highest BCUT2D eigenvalue weighted by molar-refractivity contribution is 7.16. The van der Waals surface area contributed by atoms with Gasteiger partial charge in [0.15, 0.2) is 0 Å². The molecular formula is C22H25NO4S. The Hall–Kier alpha value is -2.78. The number of rotatable bonds is 11. The zero-order valence-corrected chi connectivity index (χ0v) is 17.1. The standard InChI is InChI=1S/C22H25NO4S/c1-3-5-11-26-17-7-9-19(20(14-17)27-12-6-4-2)21-10-8-18(28-21)13-16(15-23)22(24)25/h7-10,13-14H,3-6,11-12H2,1-2H3,(H,24,25)/b16-13-. The number of carboxylic acids is 1. The molecule has 0 unspecified atom stereocenters. The Morgan fingerprint density at radius 1 is 1.14 bits per heavy atom. The summed E-state index contributed by atoms with van der Waals surface area (Å²) in [7, 11) is 0. The third kappa shape index (κ3) is 6.14. The Bertz CT molecular complexity index is 864. The maximum absolute atomic E-state index is 11.0. The molecule has 6 heteroatoms. The number of carboxylic acid groups (broad SMARTS) is 1. The number of hydrogen-bond donors (Lipinski definition) is 1. The zero-order chi connectivity index (χ0) is 20.4. The molecule has 2 aromatic rings. The summed E-state index contributed by atoms with van der Waals surface area (Å²) >= 11 is 1.42. The van der Waals surface area contributed by atoms with Gasteiger partial charge in [0.1, 0.15) is 23.1 Å². The summed E-state index contributed by atoms with van der Waals surface area (Å²) in [5.41, 5.74) is 0.643. The number of ether oxygens (including phenoxy) is 2. The molecule has 0 radical (unpaired) electrons. The van der Waals surface area contributed by atoms with Crippen LogP contribution in [0.3, 0.4) is 0 Å². The second-order valence-electron chi connectivity index (χ2n) is 6.24. The van der Waals surface area contributed by atoms with Gasteiger partial charge in [-0.3, -0.25) is 0 Å². The van der Waals surface area contributed by atoms with Crippen LogP contribution in [0.1, 0.15) is 44.4 Å². The molecule has 0 fully saturated rings. The van der Waals surface area contributed by atoms with Crippen molar-refractivity contribution in [1.82, 2.24) is 0 Å². The van der Waals surface area contributed by atoms with Crippen LogP contribution in [-0.4, -0.2) is 24.3 Å². The van der Waals surface area contributed by atoms with Crippen molar-refractivity contribution in [3.8, 4) is 28.0 Å². The second kappa shape index (κ2) is 11.2. The maximum atomic E-state index is 11.0. The molecule has 1 heterocycles. The Morgan fingerprint density at radius 3 is 2.50 bits per heavy atom. The lowest BCUT2D eigenvalue weighted by Gasteiger charge is -2.13. The summed E-state index contributed by atoms with van der Waals surface area (Å²) < 4.78 is 11.8. The summed E-state index contributed by atoms with van der Waals surface area (Å²) in [4.78, 5) is 12.7. The van der Waals surface area contributed by atoms with Gasteiger partial charge in [-0.05, 0) is 43.2 Å². The van der Waals surface area contributed by atoms with E-state index in [1.165, 1.54) is 17.4 Å². The average molecular weight is 400 g/mol. The van der Waals surface area contributed by atoms with E-state index in [0.29, 0.717) is 18.1 Å². The van der Waals surface area contributed by atoms with Gasteiger partial charge in [0.05, 0.1) is 13.2 Å². The molecule has 0 spiro atoms. The van der Waals surface area contributed by atoms with E-state index < -0.39 is 5.97 Å². The van der Waals surface area contributed by atoms with Crippen LogP contribution in [0.5, 0.6) is 11.5 Å². The molecule has 0 aliphatic carbocycles. The lowest BCUT2D eigenvalue weighted by atomic mass is 10.1. The molecule has 148 valence electrons. The van der Waals surface area contributed by atoms with Crippen molar-refractivity contribution in [1.29, 1.82) is 5.26 Å². The van der Waals surface area contributed by atoms with Crippen molar-refractivity contribution in [2.45, 2.75) is 39.5 Å². The van der Waals surface area contributed by atoms with E-state index >= 15 is 0 Å². The van der Waals surface area contributed by atoms with Crippen molar-refractivity contribution in [2.75, 3.05) is 13.2 Å². The minimum absolute atomic E-state index is 0.285. The normalized spacial score (nSPS) is 11.1. The van der Waals surface area contributed by atoms with E-state index in [1.807, 2.05) is 30.3 Å². The van der Waals surface area contributed by atoms with Gasteiger partial charge < -0.3 is 14.6 Å². The number of hydrogen-bond acceptors (Lipinski definition) is 5. The third-order valence-corrected chi connectivity index (χ3v) is 5.07. The van der Waals surface area contributed by atoms with Crippen molar-refractivity contribution in [3.63, 3.8) is 0 Å². The molecule has 2 rings (SSSR count). The second-order valence-corrected chi connectivity index (χ2v) is 7.35. The molecule has 0 aliphatic heterocycles. The lowest BCUT2D eigenvalue weighted by molar-refractivity contribution is -0.132. The largest absolute Gasteiger partial charge is 0.493 e. The van der Waals surface area contributed by atoms with Gasteiger partial charge in [0.25, 0.3) is 0 Å². The molecule has 1 N–H and O–H groups in total. The topological polar surface area (TPSA) is 79.5 Å². The molecule has 0 aliphatic rings. The summed E-state index contributed by atoms with van der Waals surface area (Å²) in [6, 6.07) is 11.2. The number of aliphatic carboxylic acids is 1. The van der Waals surface area contributed by atoms with Crippen LogP contribution in [0.25, 0.3) is 16.5 Å². The summed E-state index contributed by atoms with van der Waals surface area (Å²) in [6.07, 6.45) is 5.46. The first-order valence-corrected chi connectivity index (χ1v) is 10.3. The van der Waals surface area contributed by atoms with Crippen LogP contribution in [0.4, 0.5) is 0 Å². The number of thiophene rings is 1. The van der Waals surface area contributed by atoms with E-state index in [9.17, 15) is 4.79 Å². The highest BCUT2D eigenvalue weighted by Gasteiger charge is 2.12. The Labute approximate surface area is 169 Å². The van der Waals surface area contributed by atoms with Crippen LogP contribution >= 0.6 is 11.3 Å². The number of unbranched alkanes of at least 4 members (excludes halogenated alkanes) is 2. The predicted octanol–water partition coefficient (Wildman–Crippen LogP) is 5.76. The first-order chi connectivity index (χ1) is 13.6. The van der Waals surface area contributed by atoms with Crippen LogP contribution in [-0.2, 0) is 4.79 Å². The van der Waals surface area contributed by atoms with Gasteiger partial charge in [-0.15, -0.1) is 11.3 Å². The van der Waals surface area contributed by atoms with Crippen molar-refractivity contribution < 1.29 is 19.4 Å². The summed E-state index contributed by atoms with van der Waals surface area (Å²) in [5.74, 6) is 0.297. The Kier molecular flexibility index (Phi) is 8.57. The van der Waals surface area contributed by atoms with Gasteiger partial charge in [-0.1, -0.05) is 26.7 Å². The number of benzene rings is 1. The smallest absolute Gasteiger partial charge is 0.346 e. The fourth-order valence-corrected chi connectivity index (χ4v) is 3.42. The molecule has 1 aromatic carbocycles. The molecule has 5 nitrogen and oxygen atoms in total. The van der Waals surface area contributed by atoms with Gasteiger partial charge in [0.2, 0.25) is 0 Å². The fourth-order valence-electron chi connectivity index (χ4n) is 2.44. The van der Waals surface area contributed by atoms with Gasteiger partial charge in [-0.25, -0.2) is 4.79 Å². The number of nitriles is 1. The molecule has 0 saturated heterocycles. The summed E-state index contributed by atoms with van der Waals surface area (Å²) in [6.45, 7) is 5.53. The van der Waals surface area contributed by atoms with E-state index in [1.54, 1.807) is 6.07 Å². The van der Waals surface area contributed by atoms with Gasteiger partial charge in [-0.2, -0.15) is 5.26 Å². The Morgan fingerprint density at radius 2 is 1.86 bits per heavy atom. The highest BCUT2D eigenvalue weighted by Crippen LogP contribution is 2.38.